The first-order chi connectivity index (χ1) is 8.61. The van der Waals surface area contributed by atoms with Crippen LogP contribution in [0.3, 0.4) is 0 Å². The van der Waals surface area contributed by atoms with E-state index in [4.69, 9.17) is 4.74 Å². The van der Waals surface area contributed by atoms with Gasteiger partial charge in [0, 0.05) is 19.2 Å². The van der Waals surface area contributed by atoms with Crippen molar-refractivity contribution in [1.82, 2.24) is 9.97 Å². The first kappa shape index (κ1) is 12.5. The minimum absolute atomic E-state index is 0.0186. The molecule has 0 aromatic carbocycles. The summed E-state index contributed by atoms with van der Waals surface area (Å²) in [6, 6.07) is 0. The molecule has 0 fully saturated rings. The molecule has 96 valence electrons. The summed E-state index contributed by atoms with van der Waals surface area (Å²) in [7, 11) is 0. The lowest BCUT2D eigenvalue weighted by molar-refractivity contribution is -0.141. The molecular weight excluding hydrogens is 234 g/mol. The zero-order chi connectivity index (χ0) is 13.1. The molecule has 18 heavy (non-hydrogen) atoms. The van der Waals surface area contributed by atoms with Gasteiger partial charge in [0.2, 0.25) is 0 Å². The first-order valence-electron chi connectivity index (χ1n) is 5.89. The Kier molecular flexibility index (Phi) is 3.55. The maximum Gasteiger partial charge on any atom is 0.325 e. The van der Waals surface area contributed by atoms with Crippen LogP contribution >= 0.6 is 0 Å². The van der Waals surface area contributed by atoms with Crippen LogP contribution in [-0.4, -0.2) is 41.4 Å². The van der Waals surface area contributed by atoms with Crippen molar-refractivity contribution in [3.8, 4) is 0 Å². The Balaban J connectivity index is 2.25. The standard InChI is InChI=1S/C12H15N3O3/c1-3-18-11(17)7-15-5-4-10(16)9-6-13-8(2)14-12(9)15/h6H,3-5,7H2,1-2H3. The van der Waals surface area contributed by atoms with E-state index in [0.29, 0.717) is 36.8 Å². The van der Waals surface area contributed by atoms with Gasteiger partial charge in [-0.05, 0) is 13.8 Å². The normalized spacial score (nSPS) is 14.3. The van der Waals surface area contributed by atoms with E-state index in [0.717, 1.165) is 0 Å². The van der Waals surface area contributed by atoms with Crippen molar-refractivity contribution in [2.45, 2.75) is 20.3 Å². The van der Waals surface area contributed by atoms with Gasteiger partial charge in [-0.15, -0.1) is 0 Å². The monoisotopic (exact) mass is 249 g/mol. The molecule has 0 unspecified atom stereocenters. The number of carbonyl (C=O) groups excluding carboxylic acids is 2. The number of hydrogen-bond acceptors (Lipinski definition) is 6. The van der Waals surface area contributed by atoms with Crippen molar-refractivity contribution < 1.29 is 14.3 Å². The summed E-state index contributed by atoms with van der Waals surface area (Å²) in [5, 5.41) is 0. The summed E-state index contributed by atoms with van der Waals surface area (Å²) in [6.07, 6.45) is 1.90. The third-order valence-electron chi connectivity index (χ3n) is 2.72. The van der Waals surface area contributed by atoms with Crippen LogP contribution in [0.4, 0.5) is 5.82 Å². The number of esters is 1. The van der Waals surface area contributed by atoms with E-state index in [2.05, 4.69) is 9.97 Å². The molecule has 0 saturated heterocycles. The Bertz CT molecular complexity index is 487. The lowest BCUT2D eigenvalue weighted by Crippen LogP contribution is -2.38. The maximum absolute atomic E-state index is 11.7. The molecule has 1 aromatic heterocycles. The molecule has 2 heterocycles. The van der Waals surface area contributed by atoms with Crippen molar-refractivity contribution in [1.29, 1.82) is 0 Å². The molecule has 1 aliphatic rings. The second-order valence-corrected chi connectivity index (χ2v) is 4.05. The van der Waals surface area contributed by atoms with Gasteiger partial charge in [0.25, 0.3) is 0 Å². The van der Waals surface area contributed by atoms with Gasteiger partial charge in [0.05, 0.1) is 12.2 Å². The molecule has 6 heteroatoms. The highest BCUT2D eigenvalue weighted by molar-refractivity contribution is 6.02. The van der Waals surface area contributed by atoms with Gasteiger partial charge in [-0.3, -0.25) is 9.59 Å². The minimum atomic E-state index is -0.311. The summed E-state index contributed by atoms with van der Waals surface area (Å²) in [5.41, 5.74) is 0.483. The zero-order valence-corrected chi connectivity index (χ0v) is 10.5. The van der Waals surface area contributed by atoms with E-state index in [1.165, 1.54) is 6.20 Å². The summed E-state index contributed by atoms with van der Waals surface area (Å²) in [4.78, 5) is 33.3. The number of ether oxygens (including phenoxy) is 1. The lowest BCUT2D eigenvalue weighted by Gasteiger charge is -2.28. The Labute approximate surface area is 105 Å². The van der Waals surface area contributed by atoms with Crippen LogP contribution in [0, 0.1) is 6.92 Å². The molecule has 6 nitrogen and oxygen atoms in total. The van der Waals surface area contributed by atoms with E-state index < -0.39 is 0 Å². The Hall–Kier alpha value is -1.98. The number of aryl methyl sites for hydroxylation is 1. The summed E-state index contributed by atoms with van der Waals surface area (Å²) < 4.78 is 4.91. The third-order valence-corrected chi connectivity index (χ3v) is 2.72. The Morgan fingerprint density at radius 3 is 3.06 bits per heavy atom. The number of rotatable bonds is 3. The van der Waals surface area contributed by atoms with Crippen LogP contribution < -0.4 is 4.90 Å². The summed E-state index contributed by atoms with van der Waals surface area (Å²) >= 11 is 0. The topological polar surface area (TPSA) is 72.4 Å². The molecular formula is C12H15N3O3. The predicted octanol–water partition coefficient (Wildman–Crippen LogP) is 0.741. The quantitative estimate of drug-likeness (QED) is 0.736. The van der Waals surface area contributed by atoms with Crippen molar-refractivity contribution >= 4 is 17.6 Å². The molecule has 1 aliphatic heterocycles. The summed E-state index contributed by atoms with van der Waals surface area (Å²) in [6.45, 7) is 4.47. The van der Waals surface area contributed by atoms with Gasteiger partial charge >= 0.3 is 5.97 Å². The molecule has 0 saturated carbocycles. The van der Waals surface area contributed by atoms with Crippen molar-refractivity contribution in [2.24, 2.45) is 0 Å². The molecule has 0 spiro atoms. The fourth-order valence-corrected chi connectivity index (χ4v) is 1.89. The average Bonchev–Trinajstić information content (AvgIpc) is 2.33. The van der Waals surface area contributed by atoms with Crippen molar-refractivity contribution in [3.63, 3.8) is 0 Å². The fraction of sp³-hybridized carbons (Fsp3) is 0.500. The number of nitrogens with zero attached hydrogens (tertiary/aromatic N) is 3. The Morgan fingerprint density at radius 1 is 1.56 bits per heavy atom. The van der Waals surface area contributed by atoms with Crippen LogP contribution in [0.1, 0.15) is 29.5 Å². The number of aromatic nitrogens is 2. The van der Waals surface area contributed by atoms with E-state index in [1.54, 1.807) is 18.7 Å². The molecule has 0 aliphatic carbocycles. The number of Topliss-reactive ketones (excluding diaryl/α,β-unsaturated/α-hetero) is 1. The SMILES string of the molecule is CCOC(=O)CN1CCC(=O)c2cnc(C)nc21. The van der Waals surface area contributed by atoms with E-state index in [-0.39, 0.29) is 18.3 Å². The maximum atomic E-state index is 11.7. The first-order valence-corrected chi connectivity index (χ1v) is 5.89. The zero-order valence-electron chi connectivity index (χ0n) is 10.5. The lowest BCUT2D eigenvalue weighted by atomic mass is 10.1. The van der Waals surface area contributed by atoms with Crippen LogP contribution in [0.15, 0.2) is 6.20 Å². The molecule has 1 aromatic rings. The molecule has 0 N–H and O–H groups in total. The van der Waals surface area contributed by atoms with Gasteiger partial charge in [0.15, 0.2) is 5.78 Å². The van der Waals surface area contributed by atoms with E-state index >= 15 is 0 Å². The Morgan fingerprint density at radius 2 is 2.33 bits per heavy atom. The minimum Gasteiger partial charge on any atom is -0.465 e. The predicted molar refractivity (Wildman–Crippen MR) is 64.6 cm³/mol. The van der Waals surface area contributed by atoms with Gasteiger partial charge in [-0.2, -0.15) is 0 Å². The number of anilines is 1. The van der Waals surface area contributed by atoms with Crippen LogP contribution in [0.2, 0.25) is 0 Å². The smallest absolute Gasteiger partial charge is 0.325 e. The number of hydrogen-bond donors (Lipinski definition) is 0. The average molecular weight is 249 g/mol. The highest BCUT2D eigenvalue weighted by atomic mass is 16.5. The van der Waals surface area contributed by atoms with Gasteiger partial charge < -0.3 is 9.64 Å². The largest absolute Gasteiger partial charge is 0.465 e. The van der Waals surface area contributed by atoms with Crippen molar-refractivity contribution in [2.75, 3.05) is 24.6 Å². The van der Waals surface area contributed by atoms with Crippen molar-refractivity contribution in [3.05, 3.63) is 17.6 Å². The van der Waals surface area contributed by atoms with Gasteiger partial charge in [-0.25, -0.2) is 9.97 Å². The van der Waals surface area contributed by atoms with Crippen LogP contribution in [-0.2, 0) is 9.53 Å². The van der Waals surface area contributed by atoms with Gasteiger partial charge in [0.1, 0.15) is 18.2 Å². The molecule has 0 amide bonds. The third kappa shape index (κ3) is 2.47. The molecule has 0 atom stereocenters. The molecule has 0 bridgehead atoms. The summed E-state index contributed by atoms with van der Waals surface area (Å²) in [5.74, 6) is 0.822. The highest BCUT2D eigenvalue weighted by Crippen LogP contribution is 2.23. The van der Waals surface area contributed by atoms with E-state index in [1.807, 2.05) is 0 Å². The second kappa shape index (κ2) is 5.12. The number of ketones is 1. The highest BCUT2D eigenvalue weighted by Gasteiger charge is 2.26. The van der Waals surface area contributed by atoms with Crippen LogP contribution in [0.25, 0.3) is 0 Å². The number of fused-ring (bicyclic) bond motifs is 1. The second-order valence-electron chi connectivity index (χ2n) is 4.05. The number of carbonyl (C=O) groups is 2. The molecule has 2 rings (SSSR count). The van der Waals surface area contributed by atoms with E-state index in [9.17, 15) is 9.59 Å². The van der Waals surface area contributed by atoms with Gasteiger partial charge in [-0.1, -0.05) is 0 Å². The fourth-order valence-electron chi connectivity index (χ4n) is 1.89. The van der Waals surface area contributed by atoms with Crippen LogP contribution in [0.5, 0.6) is 0 Å². The molecule has 0 radical (unpaired) electrons.